The van der Waals surface area contributed by atoms with E-state index in [1.807, 2.05) is 48.5 Å². The Kier molecular flexibility index (Phi) is 4.72. The van der Waals surface area contributed by atoms with E-state index in [9.17, 15) is 4.79 Å². The minimum Gasteiger partial charge on any atom is -0.319 e. The molecule has 0 unspecified atom stereocenters. The summed E-state index contributed by atoms with van der Waals surface area (Å²) in [6, 6.07) is 17.3. The molecular formula is C20H16ClN5O. The highest BCUT2D eigenvalue weighted by Crippen LogP contribution is 2.20. The first-order valence-corrected chi connectivity index (χ1v) is 8.74. The minimum atomic E-state index is -0.243. The van der Waals surface area contributed by atoms with Crippen LogP contribution in [-0.4, -0.2) is 25.5 Å². The molecule has 0 bridgehead atoms. The number of anilines is 1. The molecular weight excluding hydrogens is 362 g/mol. The molecule has 4 rings (SSSR count). The van der Waals surface area contributed by atoms with Crippen molar-refractivity contribution in [2.75, 3.05) is 5.32 Å². The second-order valence-corrected chi connectivity index (χ2v) is 6.40. The molecule has 0 saturated carbocycles. The fraction of sp³-hybridized carbons (Fsp3) is 0.0500. The number of halogens is 1. The zero-order chi connectivity index (χ0) is 18.6. The number of amides is 1. The molecule has 27 heavy (non-hydrogen) atoms. The smallest absolute Gasteiger partial charge is 0.258 e. The Morgan fingerprint density at radius 2 is 1.74 bits per heavy atom. The fourth-order valence-corrected chi connectivity index (χ4v) is 2.92. The first-order valence-electron chi connectivity index (χ1n) is 8.36. The summed E-state index contributed by atoms with van der Waals surface area (Å²) in [6.07, 6.45) is 6.57. The van der Waals surface area contributed by atoms with Crippen molar-refractivity contribution in [3.63, 3.8) is 0 Å². The monoisotopic (exact) mass is 377 g/mol. The number of hydrogen-bond acceptors (Lipinski definition) is 3. The largest absolute Gasteiger partial charge is 0.319 e. The van der Waals surface area contributed by atoms with Crippen molar-refractivity contribution in [3.8, 4) is 5.69 Å². The van der Waals surface area contributed by atoms with Gasteiger partial charge in [0.05, 0.1) is 47.1 Å². The molecule has 0 fully saturated rings. The van der Waals surface area contributed by atoms with Crippen molar-refractivity contribution < 1.29 is 4.79 Å². The molecule has 0 spiro atoms. The first-order chi connectivity index (χ1) is 13.2. The zero-order valence-electron chi connectivity index (χ0n) is 14.3. The Morgan fingerprint density at radius 1 is 0.963 bits per heavy atom. The number of para-hydroxylation sites is 1. The Balaban J connectivity index is 1.45. The van der Waals surface area contributed by atoms with Crippen molar-refractivity contribution in [2.24, 2.45) is 0 Å². The average molecular weight is 378 g/mol. The predicted molar refractivity (Wildman–Crippen MR) is 104 cm³/mol. The fourth-order valence-electron chi connectivity index (χ4n) is 2.70. The van der Waals surface area contributed by atoms with Gasteiger partial charge in [0.15, 0.2) is 0 Å². The van der Waals surface area contributed by atoms with E-state index >= 15 is 0 Å². The highest BCUT2D eigenvalue weighted by molar-refractivity contribution is 6.32. The molecule has 0 atom stereocenters. The van der Waals surface area contributed by atoms with Gasteiger partial charge in [-0.1, -0.05) is 54.1 Å². The number of carbonyl (C=O) groups excluding carboxylic acids is 1. The van der Waals surface area contributed by atoms with Gasteiger partial charge in [0, 0.05) is 6.20 Å². The third-order valence-electron chi connectivity index (χ3n) is 4.02. The molecule has 7 heteroatoms. The van der Waals surface area contributed by atoms with Gasteiger partial charge in [-0.2, -0.15) is 10.2 Å². The van der Waals surface area contributed by atoms with Crippen molar-refractivity contribution in [3.05, 3.63) is 95.5 Å². The summed E-state index contributed by atoms with van der Waals surface area (Å²) < 4.78 is 3.36. The molecule has 0 aliphatic carbocycles. The maximum Gasteiger partial charge on any atom is 0.258 e. The third kappa shape index (κ3) is 3.91. The molecule has 134 valence electrons. The van der Waals surface area contributed by atoms with E-state index in [1.54, 1.807) is 40.2 Å². The standard InChI is InChI=1S/C20H16ClN5O/c21-18-8-4-5-9-19(18)26-14-17(11-23-26)24-20(27)16-10-22-25(13-16)12-15-6-2-1-3-7-15/h1-11,13-14H,12H2,(H,24,27). The van der Waals surface area contributed by atoms with Crippen molar-refractivity contribution in [1.29, 1.82) is 0 Å². The Bertz CT molecular complexity index is 1070. The van der Waals surface area contributed by atoms with Gasteiger partial charge in [0.1, 0.15) is 0 Å². The summed E-state index contributed by atoms with van der Waals surface area (Å²) in [5.41, 5.74) is 2.93. The van der Waals surface area contributed by atoms with Gasteiger partial charge >= 0.3 is 0 Å². The molecule has 4 aromatic rings. The third-order valence-corrected chi connectivity index (χ3v) is 4.34. The highest BCUT2D eigenvalue weighted by atomic mass is 35.5. The maximum atomic E-state index is 12.5. The van der Waals surface area contributed by atoms with E-state index < -0.39 is 0 Å². The van der Waals surface area contributed by atoms with Crippen LogP contribution in [0.2, 0.25) is 5.02 Å². The summed E-state index contributed by atoms with van der Waals surface area (Å²) in [7, 11) is 0. The van der Waals surface area contributed by atoms with Crippen molar-refractivity contribution >= 4 is 23.2 Å². The topological polar surface area (TPSA) is 64.7 Å². The molecule has 2 aromatic carbocycles. The lowest BCUT2D eigenvalue weighted by Gasteiger charge is -2.03. The van der Waals surface area contributed by atoms with Crippen LogP contribution in [0.5, 0.6) is 0 Å². The van der Waals surface area contributed by atoms with Gasteiger partial charge in [-0.15, -0.1) is 0 Å². The molecule has 1 amide bonds. The molecule has 0 radical (unpaired) electrons. The normalized spacial score (nSPS) is 10.7. The summed E-state index contributed by atoms with van der Waals surface area (Å²) in [4.78, 5) is 12.5. The summed E-state index contributed by atoms with van der Waals surface area (Å²) in [5, 5.41) is 11.9. The van der Waals surface area contributed by atoms with Crippen LogP contribution in [0, 0.1) is 0 Å². The van der Waals surface area contributed by atoms with Crippen LogP contribution in [-0.2, 0) is 6.54 Å². The van der Waals surface area contributed by atoms with E-state index in [0.717, 1.165) is 11.3 Å². The van der Waals surface area contributed by atoms with Gasteiger partial charge in [-0.05, 0) is 17.7 Å². The Morgan fingerprint density at radius 3 is 2.56 bits per heavy atom. The molecule has 0 aliphatic rings. The number of nitrogens with zero attached hydrogens (tertiary/aromatic N) is 4. The highest BCUT2D eigenvalue weighted by Gasteiger charge is 2.11. The van der Waals surface area contributed by atoms with Crippen LogP contribution in [0.1, 0.15) is 15.9 Å². The van der Waals surface area contributed by atoms with Crippen LogP contribution in [0.25, 0.3) is 5.69 Å². The SMILES string of the molecule is O=C(Nc1cnn(-c2ccccc2Cl)c1)c1cnn(Cc2ccccc2)c1. The molecule has 1 N–H and O–H groups in total. The molecule has 0 saturated heterocycles. The van der Waals surface area contributed by atoms with E-state index in [2.05, 4.69) is 15.5 Å². The van der Waals surface area contributed by atoms with Gasteiger partial charge in [0.2, 0.25) is 0 Å². The summed E-state index contributed by atoms with van der Waals surface area (Å²) in [6.45, 7) is 0.610. The second kappa shape index (κ2) is 7.47. The molecule has 0 aliphatic heterocycles. The number of hydrogen-bond donors (Lipinski definition) is 1. The van der Waals surface area contributed by atoms with Crippen LogP contribution in [0.15, 0.2) is 79.4 Å². The minimum absolute atomic E-state index is 0.243. The number of aromatic nitrogens is 4. The van der Waals surface area contributed by atoms with Gasteiger partial charge < -0.3 is 5.32 Å². The van der Waals surface area contributed by atoms with E-state index in [-0.39, 0.29) is 5.91 Å². The van der Waals surface area contributed by atoms with E-state index in [4.69, 9.17) is 11.6 Å². The Labute approximate surface area is 161 Å². The quantitative estimate of drug-likeness (QED) is 0.571. The number of benzene rings is 2. The van der Waals surface area contributed by atoms with Crippen LogP contribution in [0.3, 0.4) is 0 Å². The second-order valence-electron chi connectivity index (χ2n) is 5.99. The Hall–Kier alpha value is -3.38. The van der Waals surface area contributed by atoms with E-state index in [0.29, 0.717) is 22.8 Å². The molecule has 6 nitrogen and oxygen atoms in total. The number of carbonyl (C=O) groups is 1. The number of nitrogens with one attached hydrogen (secondary N) is 1. The van der Waals surface area contributed by atoms with Crippen molar-refractivity contribution in [1.82, 2.24) is 19.6 Å². The average Bonchev–Trinajstić information content (AvgIpc) is 3.33. The lowest BCUT2D eigenvalue weighted by Crippen LogP contribution is -2.10. The van der Waals surface area contributed by atoms with Crippen LogP contribution >= 0.6 is 11.6 Å². The first kappa shape index (κ1) is 17.1. The maximum absolute atomic E-state index is 12.5. The van der Waals surface area contributed by atoms with Gasteiger partial charge in [-0.25, -0.2) is 4.68 Å². The van der Waals surface area contributed by atoms with Crippen molar-refractivity contribution in [2.45, 2.75) is 6.54 Å². The van der Waals surface area contributed by atoms with E-state index in [1.165, 1.54) is 0 Å². The summed E-state index contributed by atoms with van der Waals surface area (Å²) in [5.74, 6) is -0.243. The lowest BCUT2D eigenvalue weighted by molar-refractivity contribution is 0.102. The number of rotatable bonds is 5. The molecule has 2 aromatic heterocycles. The molecule has 2 heterocycles. The predicted octanol–water partition coefficient (Wildman–Crippen LogP) is 4.02. The van der Waals surface area contributed by atoms with Gasteiger partial charge in [-0.3, -0.25) is 9.48 Å². The lowest BCUT2D eigenvalue weighted by atomic mass is 10.2. The van der Waals surface area contributed by atoms with Gasteiger partial charge in [0.25, 0.3) is 5.91 Å². The van der Waals surface area contributed by atoms with Crippen LogP contribution < -0.4 is 5.32 Å². The van der Waals surface area contributed by atoms with Crippen LogP contribution in [0.4, 0.5) is 5.69 Å². The summed E-state index contributed by atoms with van der Waals surface area (Å²) >= 11 is 6.18. The zero-order valence-corrected chi connectivity index (χ0v) is 15.0.